The molecule has 2 aromatic rings. The molecular formula is C20H18N2O4. The molecule has 0 aromatic heterocycles. The van der Waals surface area contributed by atoms with Gasteiger partial charge in [0.15, 0.2) is 0 Å². The lowest BCUT2D eigenvalue weighted by Gasteiger charge is -2.38. The van der Waals surface area contributed by atoms with Gasteiger partial charge in [0.05, 0.1) is 13.0 Å². The van der Waals surface area contributed by atoms with E-state index in [2.05, 4.69) is 5.32 Å². The monoisotopic (exact) mass is 350 g/mol. The van der Waals surface area contributed by atoms with Crippen LogP contribution in [-0.2, 0) is 20.8 Å². The largest absolute Gasteiger partial charge is 0.477 e. The Labute approximate surface area is 150 Å². The van der Waals surface area contributed by atoms with Crippen LogP contribution in [0.5, 0.6) is 0 Å². The van der Waals surface area contributed by atoms with Crippen LogP contribution in [0, 0.1) is 0 Å². The summed E-state index contributed by atoms with van der Waals surface area (Å²) in [7, 11) is 0. The molecule has 2 amide bonds. The zero-order valence-corrected chi connectivity index (χ0v) is 14.0. The Balaban J connectivity index is 1.62. The average Bonchev–Trinajstić information content (AvgIpc) is 2.64. The molecule has 1 heterocycles. The molecule has 0 aliphatic carbocycles. The van der Waals surface area contributed by atoms with Crippen molar-refractivity contribution < 1.29 is 19.5 Å². The minimum Gasteiger partial charge on any atom is -0.477 e. The molecule has 26 heavy (non-hydrogen) atoms. The van der Waals surface area contributed by atoms with E-state index in [0.29, 0.717) is 5.56 Å². The van der Waals surface area contributed by atoms with E-state index < -0.39 is 17.9 Å². The van der Waals surface area contributed by atoms with Crippen LogP contribution in [0.15, 0.2) is 66.4 Å². The van der Waals surface area contributed by atoms with Gasteiger partial charge in [0.1, 0.15) is 11.7 Å². The fourth-order valence-corrected chi connectivity index (χ4v) is 2.74. The van der Waals surface area contributed by atoms with Crippen molar-refractivity contribution in [1.82, 2.24) is 10.2 Å². The minimum absolute atomic E-state index is 0.102. The fourth-order valence-electron chi connectivity index (χ4n) is 2.74. The molecule has 1 aliphatic heterocycles. The van der Waals surface area contributed by atoms with Gasteiger partial charge in [0.2, 0.25) is 5.91 Å². The summed E-state index contributed by atoms with van der Waals surface area (Å²) >= 11 is 0. The highest BCUT2D eigenvalue weighted by atomic mass is 16.4. The van der Waals surface area contributed by atoms with Gasteiger partial charge in [-0.3, -0.25) is 9.59 Å². The number of aliphatic carboxylic acids is 1. The Hall–Kier alpha value is -3.41. The molecule has 6 nitrogen and oxygen atoms in total. The number of hydrogen-bond donors (Lipinski definition) is 2. The second-order valence-electron chi connectivity index (χ2n) is 5.98. The van der Waals surface area contributed by atoms with Crippen LogP contribution in [0.4, 0.5) is 0 Å². The van der Waals surface area contributed by atoms with Crippen molar-refractivity contribution in [2.75, 3.05) is 6.54 Å². The highest BCUT2D eigenvalue weighted by Crippen LogP contribution is 2.20. The maximum Gasteiger partial charge on any atom is 0.352 e. The Bertz CT molecular complexity index is 847. The lowest BCUT2D eigenvalue weighted by molar-refractivity contribution is -0.148. The maximum absolute atomic E-state index is 12.3. The third kappa shape index (κ3) is 3.97. The Morgan fingerprint density at radius 1 is 1.08 bits per heavy atom. The first-order chi connectivity index (χ1) is 12.5. The predicted octanol–water partition coefficient (Wildman–Crippen LogP) is 1.68. The summed E-state index contributed by atoms with van der Waals surface area (Å²) < 4.78 is 0. The van der Waals surface area contributed by atoms with Gasteiger partial charge >= 0.3 is 5.97 Å². The fraction of sp³-hybridized carbons (Fsp3) is 0.150. The van der Waals surface area contributed by atoms with Crippen LogP contribution in [-0.4, -0.2) is 40.4 Å². The summed E-state index contributed by atoms with van der Waals surface area (Å²) in [6.07, 6.45) is 1.62. The normalized spacial score (nSPS) is 16.8. The number of carboxylic acid groups (broad SMARTS) is 1. The first-order valence-corrected chi connectivity index (χ1v) is 8.19. The first-order valence-electron chi connectivity index (χ1n) is 8.19. The minimum atomic E-state index is -1.18. The van der Waals surface area contributed by atoms with Gasteiger partial charge in [-0.05, 0) is 17.2 Å². The molecule has 0 saturated carbocycles. The zero-order chi connectivity index (χ0) is 18.5. The summed E-state index contributed by atoms with van der Waals surface area (Å²) in [4.78, 5) is 37.0. The van der Waals surface area contributed by atoms with Gasteiger partial charge in [-0.25, -0.2) is 4.79 Å². The topological polar surface area (TPSA) is 86.7 Å². The van der Waals surface area contributed by atoms with E-state index in [1.807, 2.05) is 36.4 Å². The van der Waals surface area contributed by atoms with Gasteiger partial charge in [-0.2, -0.15) is 0 Å². The van der Waals surface area contributed by atoms with Crippen molar-refractivity contribution in [3.05, 3.63) is 77.5 Å². The molecule has 132 valence electrons. The van der Waals surface area contributed by atoms with Crippen molar-refractivity contribution in [2.45, 2.75) is 12.5 Å². The molecule has 1 fully saturated rings. The van der Waals surface area contributed by atoms with E-state index in [4.69, 9.17) is 0 Å². The van der Waals surface area contributed by atoms with Crippen molar-refractivity contribution in [2.24, 2.45) is 0 Å². The standard InChI is InChI=1S/C20H18N2O4/c23-18(12-15-9-5-2-6-10-15)21-16-13-22(19(16)24)17(20(25)26)11-14-7-3-1-4-8-14/h1-11,16H,12-13H2,(H,21,23)(H,25,26)/b17-11-. The first kappa shape index (κ1) is 17.4. The number of benzene rings is 2. The second-order valence-corrected chi connectivity index (χ2v) is 5.98. The lowest BCUT2D eigenvalue weighted by atomic mass is 10.0. The Kier molecular flexibility index (Phi) is 5.12. The highest BCUT2D eigenvalue weighted by Gasteiger charge is 2.41. The number of carbonyl (C=O) groups is 3. The van der Waals surface area contributed by atoms with Crippen molar-refractivity contribution in [1.29, 1.82) is 0 Å². The van der Waals surface area contributed by atoms with Crippen LogP contribution in [0.3, 0.4) is 0 Å². The smallest absolute Gasteiger partial charge is 0.352 e. The Morgan fingerprint density at radius 3 is 2.27 bits per heavy atom. The molecule has 0 bridgehead atoms. The number of nitrogens with one attached hydrogen (secondary N) is 1. The van der Waals surface area contributed by atoms with E-state index in [-0.39, 0.29) is 24.6 Å². The van der Waals surface area contributed by atoms with E-state index in [0.717, 1.165) is 5.56 Å². The van der Waals surface area contributed by atoms with Crippen molar-refractivity contribution in [3.8, 4) is 0 Å². The summed E-state index contributed by atoms with van der Waals surface area (Å²) in [6, 6.07) is 17.4. The molecule has 2 N–H and O–H groups in total. The van der Waals surface area contributed by atoms with Crippen molar-refractivity contribution >= 4 is 23.9 Å². The number of rotatable bonds is 6. The number of amides is 2. The van der Waals surface area contributed by atoms with Gasteiger partial charge in [-0.1, -0.05) is 60.7 Å². The van der Waals surface area contributed by atoms with Crippen molar-refractivity contribution in [3.63, 3.8) is 0 Å². The average molecular weight is 350 g/mol. The predicted molar refractivity (Wildman–Crippen MR) is 95.8 cm³/mol. The quantitative estimate of drug-likeness (QED) is 0.613. The SMILES string of the molecule is O=C(Cc1ccccc1)NC1CN(/C(=C\c2ccccc2)C(=O)O)C1=O. The molecule has 0 spiro atoms. The number of nitrogens with zero attached hydrogens (tertiary/aromatic N) is 1. The summed E-state index contributed by atoms with van der Waals surface area (Å²) in [5, 5.41) is 12.1. The molecule has 1 atom stereocenters. The molecule has 6 heteroatoms. The van der Waals surface area contributed by atoms with Crippen LogP contribution < -0.4 is 5.32 Å². The molecule has 0 radical (unpaired) electrons. The molecule has 1 saturated heterocycles. The molecular weight excluding hydrogens is 332 g/mol. The molecule has 2 aromatic carbocycles. The summed E-state index contributed by atoms with van der Waals surface area (Å²) in [5.74, 6) is -1.87. The number of hydrogen-bond acceptors (Lipinski definition) is 3. The van der Waals surface area contributed by atoms with Crippen LogP contribution in [0.2, 0.25) is 0 Å². The second kappa shape index (κ2) is 7.65. The Morgan fingerprint density at radius 2 is 1.69 bits per heavy atom. The maximum atomic E-state index is 12.3. The highest BCUT2D eigenvalue weighted by molar-refractivity contribution is 6.02. The zero-order valence-electron chi connectivity index (χ0n) is 14.0. The van der Waals surface area contributed by atoms with E-state index in [9.17, 15) is 19.5 Å². The van der Waals surface area contributed by atoms with Crippen LogP contribution in [0.25, 0.3) is 6.08 Å². The lowest BCUT2D eigenvalue weighted by Crippen LogP contribution is -2.64. The van der Waals surface area contributed by atoms with E-state index >= 15 is 0 Å². The van der Waals surface area contributed by atoms with E-state index in [1.54, 1.807) is 24.3 Å². The van der Waals surface area contributed by atoms with Gasteiger partial charge < -0.3 is 15.3 Å². The number of likely N-dealkylation sites (tertiary alicyclic amines) is 1. The molecule has 1 unspecified atom stereocenters. The van der Waals surface area contributed by atoms with Gasteiger partial charge in [-0.15, -0.1) is 0 Å². The van der Waals surface area contributed by atoms with Crippen LogP contribution >= 0.6 is 0 Å². The third-order valence-electron chi connectivity index (χ3n) is 4.08. The number of carbonyl (C=O) groups excluding carboxylic acids is 2. The van der Waals surface area contributed by atoms with Gasteiger partial charge in [0, 0.05) is 0 Å². The number of β-lactam (4-membered cyclic amide) rings is 1. The molecule has 3 rings (SSSR count). The summed E-state index contributed by atoms with van der Waals surface area (Å²) in [5.41, 5.74) is 1.44. The summed E-state index contributed by atoms with van der Waals surface area (Å²) in [6.45, 7) is 0.143. The van der Waals surface area contributed by atoms with Crippen LogP contribution in [0.1, 0.15) is 11.1 Å². The number of carboxylic acids is 1. The van der Waals surface area contributed by atoms with E-state index in [1.165, 1.54) is 11.0 Å². The molecule has 1 aliphatic rings. The van der Waals surface area contributed by atoms with Gasteiger partial charge in [0.25, 0.3) is 5.91 Å². The third-order valence-corrected chi connectivity index (χ3v) is 4.08.